The lowest BCUT2D eigenvalue weighted by atomic mass is 10.1. The molecule has 0 aromatic heterocycles. The molecule has 1 N–H and O–H groups in total. The number of anilines is 2. The minimum absolute atomic E-state index is 0.0780. The highest BCUT2D eigenvalue weighted by atomic mass is 16.2. The molecule has 0 bridgehead atoms. The molecule has 0 radical (unpaired) electrons. The summed E-state index contributed by atoms with van der Waals surface area (Å²) in [6, 6.07) is 13.9. The van der Waals surface area contributed by atoms with Gasteiger partial charge in [-0.15, -0.1) is 0 Å². The number of fused-ring (bicyclic) bond motifs is 1. The normalized spacial score (nSPS) is 14.1. The summed E-state index contributed by atoms with van der Waals surface area (Å²) in [6.45, 7) is 5.75. The van der Waals surface area contributed by atoms with Gasteiger partial charge in [0.25, 0.3) is 5.91 Å². The number of nitrogens with zero attached hydrogens (tertiary/aromatic N) is 1. The second kappa shape index (κ2) is 5.60. The molecule has 3 nitrogen and oxygen atoms in total. The van der Waals surface area contributed by atoms with Crippen LogP contribution in [0, 0.1) is 13.8 Å². The molecule has 0 saturated heterocycles. The van der Waals surface area contributed by atoms with Gasteiger partial charge in [0.15, 0.2) is 0 Å². The molecular weight excluding hydrogens is 260 g/mol. The van der Waals surface area contributed by atoms with Gasteiger partial charge in [-0.05, 0) is 55.7 Å². The number of aryl methyl sites for hydroxylation is 2. The van der Waals surface area contributed by atoms with E-state index in [1.54, 1.807) is 0 Å². The third-order valence-corrected chi connectivity index (χ3v) is 4.07. The van der Waals surface area contributed by atoms with Crippen molar-refractivity contribution in [3.8, 4) is 0 Å². The lowest BCUT2D eigenvalue weighted by molar-refractivity contribution is 0.0987. The molecule has 108 valence electrons. The quantitative estimate of drug-likeness (QED) is 0.862. The molecule has 0 atom stereocenters. The van der Waals surface area contributed by atoms with Crippen molar-refractivity contribution in [2.24, 2.45) is 0 Å². The van der Waals surface area contributed by atoms with Crippen LogP contribution in [0.3, 0.4) is 0 Å². The predicted molar refractivity (Wildman–Crippen MR) is 87.1 cm³/mol. The highest BCUT2D eigenvalue weighted by Gasteiger charge is 2.22. The van der Waals surface area contributed by atoms with Gasteiger partial charge in [0.05, 0.1) is 11.4 Å². The molecule has 0 saturated carbocycles. The third kappa shape index (κ3) is 2.64. The second-order valence-corrected chi connectivity index (χ2v) is 5.55. The zero-order valence-corrected chi connectivity index (χ0v) is 12.5. The molecule has 0 unspecified atom stereocenters. The Morgan fingerprint density at radius 1 is 1.10 bits per heavy atom. The van der Waals surface area contributed by atoms with Gasteiger partial charge in [-0.2, -0.15) is 0 Å². The van der Waals surface area contributed by atoms with Gasteiger partial charge in [0.1, 0.15) is 0 Å². The first-order valence-corrected chi connectivity index (χ1v) is 7.39. The molecule has 0 spiro atoms. The van der Waals surface area contributed by atoms with Crippen molar-refractivity contribution in [1.29, 1.82) is 0 Å². The molecule has 2 aromatic carbocycles. The van der Waals surface area contributed by atoms with Crippen LogP contribution in [0.15, 0.2) is 42.5 Å². The highest BCUT2D eigenvalue weighted by Crippen LogP contribution is 2.29. The number of hydrogen-bond donors (Lipinski definition) is 1. The van der Waals surface area contributed by atoms with Crippen LogP contribution < -0.4 is 10.2 Å². The van der Waals surface area contributed by atoms with Crippen LogP contribution in [-0.2, 0) is 0 Å². The van der Waals surface area contributed by atoms with Crippen molar-refractivity contribution in [1.82, 2.24) is 0 Å². The Bertz CT molecular complexity index is 679. The van der Waals surface area contributed by atoms with Gasteiger partial charge >= 0.3 is 0 Å². The molecule has 1 aliphatic rings. The summed E-state index contributed by atoms with van der Waals surface area (Å²) >= 11 is 0. The summed E-state index contributed by atoms with van der Waals surface area (Å²) in [7, 11) is 0. The average molecular weight is 280 g/mol. The molecule has 0 aliphatic carbocycles. The molecule has 1 heterocycles. The maximum Gasteiger partial charge on any atom is 0.258 e. The average Bonchev–Trinajstić information content (AvgIpc) is 2.71. The van der Waals surface area contributed by atoms with Crippen LogP contribution in [0.5, 0.6) is 0 Å². The largest absolute Gasteiger partial charge is 0.383 e. The van der Waals surface area contributed by atoms with Crippen LogP contribution >= 0.6 is 0 Å². The Kier molecular flexibility index (Phi) is 3.65. The maximum absolute atomic E-state index is 12.9. The van der Waals surface area contributed by atoms with Crippen molar-refractivity contribution in [3.63, 3.8) is 0 Å². The van der Waals surface area contributed by atoms with Crippen LogP contribution in [0.2, 0.25) is 0 Å². The first-order chi connectivity index (χ1) is 10.2. The maximum atomic E-state index is 12.9. The fourth-order valence-electron chi connectivity index (χ4n) is 2.68. The minimum atomic E-state index is 0.0780. The topological polar surface area (TPSA) is 32.3 Å². The molecule has 0 fully saturated rings. The Labute approximate surface area is 125 Å². The third-order valence-electron chi connectivity index (χ3n) is 4.07. The molecule has 1 aliphatic heterocycles. The van der Waals surface area contributed by atoms with Gasteiger partial charge in [0.2, 0.25) is 0 Å². The number of rotatable bonds is 1. The van der Waals surface area contributed by atoms with E-state index in [0.717, 1.165) is 42.0 Å². The molecular formula is C18H20N2O. The number of hydrogen-bond acceptors (Lipinski definition) is 2. The summed E-state index contributed by atoms with van der Waals surface area (Å²) in [4.78, 5) is 14.8. The number of benzene rings is 2. The summed E-state index contributed by atoms with van der Waals surface area (Å²) in [5, 5.41) is 3.39. The van der Waals surface area contributed by atoms with Crippen molar-refractivity contribution in [2.45, 2.75) is 20.3 Å². The zero-order chi connectivity index (χ0) is 14.8. The first-order valence-electron chi connectivity index (χ1n) is 7.39. The summed E-state index contributed by atoms with van der Waals surface area (Å²) in [5.74, 6) is 0.0780. The Morgan fingerprint density at radius 2 is 1.90 bits per heavy atom. The first kappa shape index (κ1) is 13.7. The van der Waals surface area contributed by atoms with E-state index in [-0.39, 0.29) is 5.91 Å². The van der Waals surface area contributed by atoms with Crippen LogP contribution in [-0.4, -0.2) is 19.0 Å². The lowest BCUT2D eigenvalue weighted by Crippen LogP contribution is -2.31. The smallest absolute Gasteiger partial charge is 0.258 e. The fraction of sp³-hybridized carbons (Fsp3) is 0.278. The monoisotopic (exact) mass is 280 g/mol. The summed E-state index contributed by atoms with van der Waals surface area (Å²) in [5.41, 5.74) is 5.13. The van der Waals surface area contributed by atoms with Crippen molar-refractivity contribution >= 4 is 17.3 Å². The van der Waals surface area contributed by atoms with E-state index < -0.39 is 0 Å². The van der Waals surface area contributed by atoms with Crippen molar-refractivity contribution < 1.29 is 4.79 Å². The number of carbonyl (C=O) groups excluding carboxylic acids is 1. The van der Waals surface area contributed by atoms with E-state index in [1.807, 2.05) is 54.3 Å². The predicted octanol–water partition coefficient (Wildman–Crippen LogP) is 3.77. The SMILES string of the molecule is Cc1ccc(C(=O)N2CCCNc3ccccc32)cc1C. The van der Waals surface area contributed by atoms with Gasteiger partial charge in [-0.25, -0.2) is 0 Å². The summed E-state index contributed by atoms with van der Waals surface area (Å²) in [6.07, 6.45) is 0.950. The van der Waals surface area contributed by atoms with E-state index in [0.29, 0.717) is 0 Å². The number of nitrogens with one attached hydrogen (secondary N) is 1. The Morgan fingerprint density at radius 3 is 2.71 bits per heavy atom. The fourth-order valence-corrected chi connectivity index (χ4v) is 2.68. The van der Waals surface area contributed by atoms with E-state index in [4.69, 9.17) is 0 Å². The summed E-state index contributed by atoms with van der Waals surface area (Å²) < 4.78 is 0. The highest BCUT2D eigenvalue weighted by molar-refractivity contribution is 6.08. The van der Waals surface area contributed by atoms with Crippen molar-refractivity contribution in [2.75, 3.05) is 23.3 Å². The number of carbonyl (C=O) groups is 1. The lowest BCUT2D eigenvalue weighted by Gasteiger charge is -2.22. The number of para-hydroxylation sites is 2. The van der Waals surface area contributed by atoms with Gasteiger partial charge in [0, 0.05) is 18.7 Å². The van der Waals surface area contributed by atoms with Crippen molar-refractivity contribution in [3.05, 3.63) is 59.2 Å². The Balaban J connectivity index is 1.99. The van der Waals surface area contributed by atoms with E-state index >= 15 is 0 Å². The molecule has 3 heteroatoms. The van der Waals surface area contributed by atoms with Gasteiger partial charge in [-0.1, -0.05) is 18.2 Å². The Hall–Kier alpha value is -2.29. The van der Waals surface area contributed by atoms with Crippen LogP contribution in [0.4, 0.5) is 11.4 Å². The second-order valence-electron chi connectivity index (χ2n) is 5.55. The molecule has 2 aromatic rings. The van der Waals surface area contributed by atoms with E-state index in [2.05, 4.69) is 12.2 Å². The van der Waals surface area contributed by atoms with Gasteiger partial charge < -0.3 is 10.2 Å². The van der Waals surface area contributed by atoms with E-state index in [9.17, 15) is 4.79 Å². The van der Waals surface area contributed by atoms with Crippen LogP contribution in [0.25, 0.3) is 0 Å². The molecule has 21 heavy (non-hydrogen) atoms. The zero-order valence-electron chi connectivity index (χ0n) is 12.5. The van der Waals surface area contributed by atoms with E-state index in [1.165, 1.54) is 5.56 Å². The number of amides is 1. The minimum Gasteiger partial charge on any atom is -0.383 e. The van der Waals surface area contributed by atoms with Gasteiger partial charge in [-0.3, -0.25) is 4.79 Å². The standard InChI is InChI=1S/C18H20N2O/c1-13-8-9-15(12-14(13)2)18(21)20-11-5-10-19-16-6-3-4-7-17(16)20/h3-4,6-9,12,19H,5,10-11H2,1-2H3. The molecule has 1 amide bonds. The van der Waals surface area contributed by atoms with Crippen LogP contribution in [0.1, 0.15) is 27.9 Å². The molecule has 3 rings (SSSR count).